The molecular formula is C12H14N2O6S. The van der Waals surface area contributed by atoms with E-state index in [9.17, 15) is 18.0 Å². The second-order valence-corrected chi connectivity index (χ2v) is 5.89. The maximum Gasteiger partial charge on any atom is 0.422 e. The summed E-state index contributed by atoms with van der Waals surface area (Å²) in [7, 11) is -4.07. The Labute approximate surface area is 121 Å². The van der Waals surface area contributed by atoms with Crippen LogP contribution in [0.3, 0.4) is 0 Å². The number of rotatable bonds is 4. The van der Waals surface area contributed by atoms with Gasteiger partial charge in [0.1, 0.15) is 0 Å². The van der Waals surface area contributed by atoms with Crippen molar-refractivity contribution in [3.8, 4) is 0 Å². The van der Waals surface area contributed by atoms with Crippen LogP contribution >= 0.6 is 0 Å². The summed E-state index contributed by atoms with van der Waals surface area (Å²) in [4.78, 5) is 22.1. The number of carbonyl (C=O) groups excluding carboxylic acids is 1. The fourth-order valence-electron chi connectivity index (χ4n) is 2.08. The molecule has 0 unspecified atom stereocenters. The first-order chi connectivity index (χ1) is 9.85. The van der Waals surface area contributed by atoms with Gasteiger partial charge in [-0.2, -0.15) is 8.42 Å². The lowest BCUT2D eigenvalue weighted by atomic mass is 10.1. The average molecular weight is 314 g/mol. The van der Waals surface area contributed by atoms with Crippen molar-refractivity contribution in [3.63, 3.8) is 0 Å². The molecule has 0 atom stereocenters. The van der Waals surface area contributed by atoms with Crippen LogP contribution < -0.4 is 9.03 Å². The van der Waals surface area contributed by atoms with E-state index in [0.29, 0.717) is 17.7 Å². The molecule has 114 valence electrons. The van der Waals surface area contributed by atoms with Crippen LogP contribution in [0.5, 0.6) is 0 Å². The van der Waals surface area contributed by atoms with Crippen LogP contribution in [0, 0.1) is 0 Å². The van der Waals surface area contributed by atoms with E-state index in [1.54, 1.807) is 11.6 Å². The monoisotopic (exact) mass is 314 g/mol. The van der Waals surface area contributed by atoms with Crippen molar-refractivity contribution < 1.29 is 27.9 Å². The summed E-state index contributed by atoms with van der Waals surface area (Å²) in [6, 6.07) is 4.16. The summed E-state index contributed by atoms with van der Waals surface area (Å²) in [6.45, 7) is 1.75. The van der Waals surface area contributed by atoms with Crippen molar-refractivity contribution in [1.29, 1.82) is 0 Å². The van der Waals surface area contributed by atoms with Gasteiger partial charge in [-0.15, -0.1) is 0 Å². The molecule has 0 fully saturated rings. The quantitative estimate of drug-likeness (QED) is 0.847. The maximum absolute atomic E-state index is 12.1. The zero-order valence-electron chi connectivity index (χ0n) is 11.2. The molecule has 1 aliphatic heterocycles. The van der Waals surface area contributed by atoms with Gasteiger partial charge in [0.05, 0.1) is 17.9 Å². The smallest absolute Gasteiger partial charge is 0.422 e. The van der Waals surface area contributed by atoms with Crippen molar-refractivity contribution in [1.82, 2.24) is 4.72 Å². The molecule has 1 aromatic rings. The molecule has 0 aliphatic carbocycles. The molecule has 1 aliphatic rings. The molecule has 0 bridgehead atoms. The number of ether oxygens (including phenoxy) is 1. The number of hydrogen-bond acceptors (Lipinski definition) is 5. The zero-order chi connectivity index (χ0) is 15.6. The highest BCUT2D eigenvalue weighted by Crippen LogP contribution is 2.30. The number of nitrogens with one attached hydrogen (secondary N) is 1. The Morgan fingerprint density at radius 2 is 2.14 bits per heavy atom. The molecule has 0 saturated heterocycles. The third-order valence-corrected chi connectivity index (χ3v) is 4.34. The summed E-state index contributed by atoms with van der Waals surface area (Å²) < 4.78 is 31.6. The van der Waals surface area contributed by atoms with E-state index >= 15 is 0 Å². The fraction of sp³-hybridized carbons (Fsp3) is 0.333. The van der Waals surface area contributed by atoms with Crippen LogP contribution in [-0.4, -0.2) is 38.7 Å². The summed E-state index contributed by atoms with van der Waals surface area (Å²) in [5.41, 5.74) is 1.05. The molecule has 2 N–H and O–H groups in total. The summed E-state index contributed by atoms with van der Waals surface area (Å²) in [6.07, 6.45) is -0.673. The van der Waals surface area contributed by atoms with E-state index in [1.165, 1.54) is 18.2 Å². The van der Waals surface area contributed by atoms with Gasteiger partial charge in [-0.25, -0.2) is 14.3 Å². The Kier molecular flexibility index (Phi) is 4.03. The molecule has 21 heavy (non-hydrogen) atoms. The Balaban J connectivity index is 2.26. The number of aromatic carboxylic acids is 1. The van der Waals surface area contributed by atoms with Gasteiger partial charge in [0.2, 0.25) is 0 Å². The van der Waals surface area contributed by atoms with Crippen LogP contribution in [0.4, 0.5) is 10.5 Å². The van der Waals surface area contributed by atoms with E-state index in [1.807, 2.05) is 0 Å². The number of carboxylic acid groups (broad SMARTS) is 1. The van der Waals surface area contributed by atoms with E-state index in [4.69, 9.17) is 5.11 Å². The van der Waals surface area contributed by atoms with Gasteiger partial charge in [0.25, 0.3) is 0 Å². The van der Waals surface area contributed by atoms with E-state index in [0.717, 1.165) is 4.31 Å². The van der Waals surface area contributed by atoms with Crippen molar-refractivity contribution in [2.45, 2.75) is 13.3 Å². The molecule has 0 aromatic heterocycles. The number of carboxylic acids is 1. The number of benzene rings is 1. The van der Waals surface area contributed by atoms with Crippen LogP contribution in [-0.2, 0) is 21.4 Å². The molecule has 1 aromatic carbocycles. The third-order valence-electron chi connectivity index (χ3n) is 2.96. The number of hydrogen-bond donors (Lipinski definition) is 2. The number of nitrogens with zero attached hydrogens (tertiary/aromatic N) is 1. The van der Waals surface area contributed by atoms with Gasteiger partial charge in [0, 0.05) is 6.54 Å². The van der Waals surface area contributed by atoms with Gasteiger partial charge in [-0.05, 0) is 37.1 Å². The van der Waals surface area contributed by atoms with Crippen molar-refractivity contribution in [2.75, 3.05) is 17.5 Å². The number of carbonyl (C=O) groups is 2. The minimum Gasteiger partial charge on any atom is -0.478 e. The van der Waals surface area contributed by atoms with Crippen molar-refractivity contribution in [2.24, 2.45) is 0 Å². The SMILES string of the molecule is CCOC(=O)NS(=O)(=O)N1CCc2cc(C(=O)O)ccc21. The molecule has 8 nitrogen and oxygen atoms in total. The summed E-state index contributed by atoms with van der Waals surface area (Å²) in [5, 5.41) is 8.91. The lowest BCUT2D eigenvalue weighted by Crippen LogP contribution is -2.43. The van der Waals surface area contributed by atoms with E-state index < -0.39 is 22.3 Å². The molecule has 1 amide bonds. The largest absolute Gasteiger partial charge is 0.478 e. The van der Waals surface area contributed by atoms with Gasteiger partial charge in [0.15, 0.2) is 0 Å². The summed E-state index contributed by atoms with van der Waals surface area (Å²) >= 11 is 0. The molecule has 0 radical (unpaired) electrons. The topological polar surface area (TPSA) is 113 Å². The van der Waals surface area contributed by atoms with Crippen LogP contribution in [0.1, 0.15) is 22.8 Å². The molecule has 1 heterocycles. The predicted molar refractivity (Wildman–Crippen MR) is 73.5 cm³/mol. The molecule has 2 rings (SSSR count). The minimum absolute atomic E-state index is 0.0555. The molecular weight excluding hydrogens is 300 g/mol. The lowest BCUT2D eigenvalue weighted by molar-refractivity contribution is 0.0696. The molecule has 0 saturated carbocycles. The van der Waals surface area contributed by atoms with Crippen LogP contribution in [0.2, 0.25) is 0 Å². The molecule has 0 spiro atoms. The van der Waals surface area contributed by atoms with Gasteiger partial charge in [-0.1, -0.05) is 0 Å². The van der Waals surface area contributed by atoms with Gasteiger partial charge in [-0.3, -0.25) is 4.31 Å². The Morgan fingerprint density at radius 3 is 2.76 bits per heavy atom. The first kappa shape index (κ1) is 15.1. The highest BCUT2D eigenvalue weighted by Gasteiger charge is 2.31. The Morgan fingerprint density at radius 1 is 1.43 bits per heavy atom. The zero-order valence-corrected chi connectivity index (χ0v) is 12.0. The molecule has 9 heteroatoms. The third kappa shape index (κ3) is 3.07. The van der Waals surface area contributed by atoms with Crippen LogP contribution in [0.15, 0.2) is 18.2 Å². The fourth-order valence-corrected chi connectivity index (χ4v) is 3.22. The average Bonchev–Trinajstić information content (AvgIpc) is 2.81. The highest BCUT2D eigenvalue weighted by molar-refractivity contribution is 7.91. The second-order valence-electron chi connectivity index (χ2n) is 4.30. The first-order valence-corrected chi connectivity index (χ1v) is 7.62. The van der Waals surface area contributed by atoms with Crippen LogP contribution in [0.25, 0.3) is 0 Å². The normalized spacial score (nSPS) is 13.7. The predicted octanol–water partition coefficient (Wildman–Crippen LogP) is 0.738. The van der Waals surface area contributed by atoms with E-state index in [-0.39, 0.29) is 18.7 Å². The number of fused-ring (bicyclic) bond motifs is 1. The number of anilines is 1. The number of amides is 1. The Bertz CT molecular complexity index is 685. The van der Waals surface area contributed by atoms with Crippen molar-refractivity contribution in [3.05, 3.63) is 29.3 Å². The summed E-state index contributed by atoms with van der Waals surface area (Å²) in [5.74, 6) is -1.08. The van der Waals surface area contributed by atoms with E-state index in [2.05, 4.69) is 4.74 Å². The van der Waals surface area contributed by atoms with Crippen molar-refractivity contribution >= 4 is 28.0 Å². The maximum atomic E-state index is 12.1. The highest BCUT2D eigenvalue weighted by atomic mass is 32.2. The minimum atomic E-state index is -4.07. The Hall–Kier alpha value is -2.29. The lowest BCUT2D eigenvalue weighted by Gasteiger charge is -2.19. The second kappa shape index (κ2) is 5.60. The standard InChI is InChI=1S/C12H14N2O6S/c1-2-20-12(17)13-21(18,19)14-6-5-8-7-9(11(15)16)3-4-10(8)14/h3-4,7H,2,5-6H2,1H3,(H,13,17)(H,15,16). The first-order valence-electron chi connectivity index (χ1n) is 6.18. The van der Waals surface area contributed by atoms with Gasteiger partial charge < -0.3 is 9.84 Å². The van der Waals surface area contributed by atoms with Gasteiger partial charge >= 0.3 is 22.3 Å².